The van der Waals surface area contributed by atoms with Crippen LogP contribution in [0.1, 0.15) is 10.4 Å². The van der Waals surface area contributed by atoms with Crippen molar-refractivity contribution in [2.24, 2.45) is 7.05 Å². The zero-order chi connectivity index (χ0) is 9.42. The van der Waals surface area contributed by atoms with Gasteiger partial charge in [0.1, 0.15) is 0 Å². The number of hydrogen-bond donors (Lipinski definition) is 1. The predicted molar refractivity (Wildman–Crippen MR) is 48.9 cm³/mol. The van der Waals surface area contributed by atoms with Gasteiger partial charge in [-0.05, 0) is 6.07 Å². The van der Waals surface area contributed by atoms with E-state index in [1.54, 1.807) is 29.9 Å². The van der Waals surface area contributed by atoms with Crippen LogP contribution in [-0.2, 0) is 7.05 Å². The fourth-order valence-electron chi connectivity index (χ4n) is 1.45. The summed E-state index contributed by atoms with van der Waals surface area (Å²) in [5, 5.41) is 3.05. The lowest BCUT2D eigenvalue weighted by atomic mass is 10.1. The number of H-pyrrole nitrogens is 1. The molecular weight excluding hydrogens is 168 g/mol. The molecule has 4 nitrogen and oxygen atoms in total. The smallest absolute Gasteiger partial charge is 0.272 e. The molecule has 0 saturated heterocycles. The molecule has 0 bridgehead atoms. The first-order valence-corrected chi connectivity index (χ1v) is 3.87. The summed E-state index contributed by atoms with van der Waals surface area (Å²) in [4.78, 5) is 22.0. The van der Waals surface area contributed by atoms with Crippen molar-refractivity contribution in [1.82, 2.24) is 9.78 Å². The van der Waals surface area contributed by atoms with Gasteiger partial charge >= 0.3 is 0 Å². The van der Waals surface area contributed by atoms with Gasteiger partial charge in [0.25, 0.3) is 5.56 Å². The lowest BCUT2D eigenvalue weighted by molar-refractivity contribution is 0.112. The van der Waals surface area contributed by atoms with Crippen molar-refractivity contribution in [3.8, 4) is 0 Å². The first-order chi connectivity index (χ1) is 6.24. The molecule has 2 rings (SSSR count). The Balaban J connectivity index is 3.05. The van der Waals surface area contributed by atoms with E-state index >= 15 is 0 Å². The standard InChI is InChI=1S/C9H8N2O2/c1-11-7-4-2-3-6(5-12)8(7)9(13)10-11/h2-5H,1H3,(H,10,13). The van der Waals surface area contributed by atoms with Crippen molar-refractivity contribution >= 4 is 17.2 Å². The Morgan fingerprint density at radius 2 is 2.23 bits per heavy atom. The topological polar surface area (TPSA) is 54.9 Å². The highest BCUT2D eigenvalue weighted by molar-refractivity contribution is 5.96. The minimum absolute atomic E-state index is 0.222. The van der Waals surface area contributed by atoms with Gasteiger partial charge in [-0.1, -0.05) is 12.1 Å². The number of fused-ring (bicyclic) bond motifs is 1. The summed E-state index contributed by atoms with van der Waals surface area (Å²) in [6, 6.07) is 5.17. The van der Waals surface area contributed by atoms with Crippen molar-refractivity contribution in [2.75, 3.05) is 0 Å². The number of aromatic nitrogens is 2. The Morgan fingerprint density at radius 1 is 1.46 bits per heavy atom. The number of aromatic amines is 1. The van der Waals surface area contributed by atoms with Crippen LogP contribution in [0.4, 0.5) is 0 Å². The lowest BCUT2D eigenvalue weighted by Gasteiger charge is -1.94. The van der Waals surface area contributed by atoms with E-state index in [9.17, 15) is 9.59 Å². The van der Waals surface area contributed by atoms with E-state index in [1.807, 2.05) is 0 Å². The number of hydrogen-bond acceptors (Lipinski definition) is 2. The van der Waals surface area contributed by atoms with Gasteiger partial charge in [0.15, 0.2) is 6.29 Å². The van der Waals surface area contributed by atoms with Crippen molar-refractivity contribution < 1.29 is 4.79 Å². The second-order valence-corrected chi connectivity index (χ2v) is 2.86. The number of benzene rings is 1. The van der Waals surface area contributed by atoms with Gasteiger partial charge in [-0.25, -0.2) is 0 Å². The average molecular weight is 176 g/mol. The first kappa shape index (κ1) is 7.79. The molecule has 13 heavy (non-hydrogen) atoms. The van der Waals surface area contributed by atoms with Crippen LogP contribution in [0, 0.1) is 0 Å². The Hall–Kier alpha value is -1.84. The molecule has 1 heterocycles. The molecule has 0 fully saturated rings. The van der Waals surface area contributed by atoms with E-state index in [-0.39, 0.29) is 5.56 Å². The van der Waals surface area contributed by atoms with E-state index in [1.165, 1.54) is 0 Å². The summed E-state index contributed by atoms with van der Waals surface area (Å²) in [6.45, 7) is 0. The molecular formula is C9H8N2O2. The Labute approximate surface area is 73.8 Å². The van der Waals surface area contributed by atoms with Gasteiger partial charge in [0, 0.05) is 12.6 Å². The Bertz CT molecular complexity index is 522. The summed E-state index contributed by atoms with van der Waals surface area (Å²) >= 11 is 0. The van der Waals surface area contributed by atoms with Crippen LogP contribution in [0.25, 0.3) is 10.9 Å². The number of aryl methyl sites for hydroxylation is 1. The summed E-state index contributed by atoms with van der Waals surface area (Å²) < 4.78 is 1.60. The summed E-state index contributed by atoms with van der Waals surface area (Å²) in [7, 11) is 1.73. The van der Waals surface area contributed by atoms with Crippen molar-refractivity contribution in [2.45, 2.75) is 0 Å². The highest BCUT2D eigenvalue weighted by atomic mass is 16.1. The number of carbonyl (C=O) groups excluding carboxylic acids is 1. The minimum Gasteiger partial charge on any atom is -0.298 e. The lowest BCUT2D eigenvalue weighted by Crippen LogP contribution is -2.02. The van der Waals surface area contributed by atoms with Crippen LogP contribution in [-0.4, -0.2) is 16.1 Å². The molecule has 0 unspecified atom stereocenters. The van der Waals surface area contributed by atoms with Gasteiger partial charge in [-0.2, -0.15) is 0 Å². The van der Waals surface area contributed by atoms with E-state index in [2.05, 4.69) is 5.10 Å². The van der Waals surface area contributed by atoms with Crippen LogP contribution in [0.3, 0.4) is 0 Å². The Kier molecular flexibility index (Phi) is 1.55. The zero-order valence-corrected chi connectivity index (χ0v) is 7.07. The van der Waals surface area contributed by atoms with Crippen LogP contribution in [0.15, 0.2) is 23.0 Å². The third-order valence-corrected chi connectivity index (χ3v) is 2.06. The molecule has 0 aliphatic rings. The Morgan fingerprint density at radius 3 is 2.92 bits per heavy atom. The van der Waals surface area contributed by atoms with Gasteiger partial charge in [0.2, 0.25) is 0 Å². The molecule has 1 N–H and O–H groups in total. The molecule has 0 atom stereocenters. The summed E-state index contributed by atoms with van der Waals surface area (Å²) in [5.74, 6) is 0. The SMILES string of the molecule is Cn1[nH]c(=O)c2c(C=O)cccc21. The van der Waals surface area contributed by atoms with Crippen molar-refractivity contribution in [3.63, 3.8) is 0 Å². The fraction of sp³-hybridized carbons (Fsp3) is 0.111. The maximum atomic E-state index is 11.3. The molecule has 2 aromatic rings. The zero-order valence-electron chi connectivity index (χ0n) is 7.07. The van der Waals surface area contributed by atoms with Crippen molar-refractivity contribution in [1.29, 1.82) is 0 Å². The van der Waals surface area contributed by atoms with Crippen molar-refractivity contribution in [3.05, 3.63) is 34.1 Å². The van der Waals surface area contributed by atoms with Crippen LogP contribution >= 0.6 is 0 Å². The van der Waals surface area contributed by atoms with Crippen LogP contribution < -0.4 is 5.56 Å². The minimum atomic E-state index is -0.222. The molecule has 0 radical (unpaired) electrons. The average Bonchev–Trinajstić information content (AvgIpc) is 2.43. The van der Waals surface area contributed by atoms with E-state index in [0.717, 1.165) is 5.52 Å². The molecule has 66 valence electrons. The molecule has 0 amide bonds. The molecule has 0 aliphatic heterocycles. The van der Waals surface area contributed by atoms with Crippen LogP contribution in [0.2, 0.25) is 0 Å². The van der Waals surface area contributed by atoms with Gasteiger partial charge in [0.05, 0.1) is 10.9 Å². The first-order valence-electron chi connectivity index (χ1n) is 3.87. The third-order valence-electron chi connectivity index (χ3n) is 2.06. The third kappa shape index (κ3) is 0.989. The summed E-state index contributed by atoms with van der Waals surface area (Å²) in [5.41, 5.74) is 0.953. The maximum absolute atomic E-state index is 11.3. The second-order valence-electron chi connectivity index (χ2n) is 2.86. The van der Waals surface area contributed by atoms with E-state index < -0.39 is 0 Å². The normalized spacial score (nSPS) is 10.5. The molecule has 4 heteroatoms. The number of aldehydes is 1. The number of rotatable bonds is 1. The van der Waals surface area contributed by atoms with Gasteiger partial charge in [-0.15, -0.1) is 0 Å². The molecule has 1 aromatic carbocycles. The van der Waals surface area contributed by atoms with Crippen LogP contribution in [0.5, 0.6) is 0 Å². The van der Waals surface area contributed by atoms with E-state index in [0.29, 0.717) is 17.2 Å². The highest BCUT2D eigenvalue weighted by Crippen LogP contribution is 2.11. The fourth-order valence-corrected chi connectivity index (χ4v) is 1.45. The summed E-state index contributed by atoms with van der Waals surface area (Å²) in [6.07, 6.45) is 0.692. The quantitative estimate of drug-likeness (QED) is 0.649. The predicted octanol–water partition coefficient (Wildman–Crippen LogP) is 0.679. The molecule has 0 spiro atoms. The maximum Gasteiger partial charge on any atom is 0.272 e. The monoisotopic (exact) mass is 176 g/mol. The largest absolute Gasteiger partial charge is 0.298 e. The van der Waals surface area contributed by atoms with Gasteiger partial charge in [-0.3, -0.25) is 19.4 Å². The molecule has 1 aromatic heterocycles. The molecule has 0 aliphatic carbocycles. The number of carbonyl (C=O) groups is 1. The van der Waals surface area contributed by atoms with Gasteiger partial charge < -0.3 is 0 Å². The highest BCUT2D eigenvalue weighted by Gasteiger charge is 2.07. The number of nitrogens with one attached hydrogen (secondary N) is 1. The molecule has 0 saturated carbocycles. The number of nitrogens with zero attached hydrogens (tertiary/aromatic N) is 1. The second kappa shape index (κ2) is 2.58. The van der Waals surface area contributed by atoms with E-state index in [4.69, 9.17) is 0 Å².